The van der Waals surface area contributed by atoms with Gasteiger partial charge in [-0.25, -0.2) is 13.8 Å². The van der Waals surface area contributed by atoms with Gasteiger partial charge in [-0.05, 0) is 50.5 Å². The van der Waals surface area contributed by atoms with E-state index >= 15 is 0 Å². The van der Waals surface area contributed by atoms with Crippen LogP contribution in [0.15, 0.2) is 47.4 Å². The maximum atomic E-state index is 14.0. The Balaban J connectivity index is 0.00000280. The summed E-state index contributed by atoms with van der Waals surface area (Å²) in [5.41, 5.74) is 0.284. The Labute approximate surface area is 177 Å². The third-order valence-electron chi connectivity index (χ3n) is 3.84. The van der Waals surface area contributed by atoms with Gasteiger partial charge in [0.15, 0.2) is 5.13 Å². The molecule has 0 saturated carbocycles. The molecule has 2 aromatic carbocycles. The Hall–Kier alpha value is -1.74. The molecule has 0 radical (unpaired) electrons. The van der Waals surface area contributed by atoms with Gasteiger partial charge < -0.3 is 4.90 Å². The van der Waals surface area contributed by atoms with Gasteiger partial charge in [0, 0.05) is 18.0 Å². The predicted octanol–water partition coefficient (Wildman–Crippen LogP) is 4.68. The molecule has 1 heterocycles. The first-order chi connectivity index (χ1) is 12.9. The highest BCUT2D eigenvalue weighted by Crippen LogP contribution is 2.31. The number of likely N-dealkylation sites (N-methyl/N-ethyl adjacent to an activating group) is 1. The molecule has 3 rings (SSSR count). The van der Waals surface area contributed by atoms with Gasteiger partial charge in [0.1, 0.15) is 17.2 Å². The van der Waals surface area contributed by atoms with Crippen molar-refractivity contribution in [2.24, 2.45) is 0 Å². The molecule has 1 amide bonds. The normalized spacial score (nSPS) is 10.9. The molecule has 0 fully saturated rings. The van der Waals surface area contributed by atoms with E-state index in [4.69, 9.17) is 0 Å². The van der Waals surface area contributed by atoms with Gasteiger partial charge in [0.25, 0.3) is 0 Å². The standard InChI is InChI=1S/C19H19F2N3OS2.ClH/c1-23(2)10-11-24(17(25)12-26-14-8-6-13(20)7-9-14)19-22-18-15(21)4-3-5-16(18)27-19;/h3-9H,10-12H2,1-2H3;1H. The van der Waals surface area contributed by atoms with E-state index in [0.29, 0.717) is 22.9 Å². The minimum atomic E-state index is -0.393. The van der Waals surface area contributed by atoms with Crippen LogP contribution in [0.1, 0.15) is 0 Å². The third-order valence-corrected chi connectivity index (χ3v) is 5.88. The van der Waals surface area contributed by atoms with E-state index in [1.807, 2.05) is 19.0 Å². The number of thioether (sulfide) groups is 1. The first-order valence-electron chi connectivity index (χ1n) is 8.32. The average Bonchev–Trinajstić information content (AvgIpc) is 3.06. The summed E-state index contributed by atoms with van der Waals surface area (Å²) in [5, 5.41) is 0.488. The van der Waals surface area contributed by atoms with Crippen LogP contribution in [-0.2, 0) is 4.79 Å². The van der Waals surface area contributed by atoms with Crippen LogP contribution in [-0.4, -0.2) is 48.7 Å². The zero-order valence-corrected chi connectivity index (χ0v) is 17.8. The van der Waals surface area contributed by atoms with Crippen molar-refractivity contribution >= 4 is 56.8 Å². The second kappa shape index (κ2) is 10.2. The molecule has 3 aromatic rings. The molecule has 9 heteroatoms. The molecule has 0 unspecified atom stereocenters. The molecule has 0 N–H and O–H groups in total. The lowest BCUT2D eigenvalue weighted by atomic mass is 10.3. The molecule has 0 atom stereocenters. The summed E-state index contributed by atoms with van der Waals surface area (Å²) in [6.45, 7) is 1.11. The molecule has 0 aliphatic carbocycles. The minimum Gasteiger partial charge on any atom is -0.308 e. The van der Waals surface area contributed by atoms with Gasteiger partial charge in [0.05, 0.1) is 10.5 Å². The predicted molar refractivity (Wildman–Crippen MR) is 115 cm³/mol. The van der Waals surface area contributed by atoms with E-state index < -0.39 is 5.82 Å². The Morgan fingerprint density at radius 1 is 1.11 bits per heavy atom. The van der Waals surface area contributed by atoms with E-state index in [1.54, 1.807) is 29.2 Å². The van der Waals surface area contributed by atoms with Crippen LogP contribution in [0.4, 0.5) is 13.9 Å². The van der Waals surface area contributed by atoms with Crippen LogP contribution in [0, 0.1) is 11.6 Å². The number of rotatable bonds is 7. The van der Waals surface area contributed by atoms with E-state index in [9.17, 15) is 13.6 Å². The number of amides is 1. The molecule has 4 nitrogen and oxygen atoms in total. The average molecular weight is 444 g/mol. The van der Waals surface area contributed by atoms with Crippen LogP contribution in [0.25, 0.3) is 10.2 Å². The monoisotopic (exact) mass is 443 g/mol. The van der Waals surface area contributed by atoms with Crippen LogP contribution in [0.2, 0.25) is 0 Å². The van der Waals surface area contributed by atoms with Gasteiger partial charge in [-0.3, -0.25) is 9.69 Å². The molecular formula is C19H20ClF2N3OS2. The molecule has 0 bridgehead atoms. The lowest BCUT2D eigenvalue weighted by Crippen LogP contribution is -2.37. The number of thiazole rings is 1. The summed E-state index contributed by atoms with van der Waals surface area (Å²) in [7, 11) is 3.85. The number of halogens is 3. The zero-order valence-electron chi connectivity index (χ0n) is 15.4. The van der Waals surface area contributed by atoms with Crippen molar-refractivity contribution in [1.82, 2.24) is 9.88 Å². The highest BCUT2D eigenvalue weighted by molar-refractivity contribution is 8.00. The lowest BCUT2D eigenvalue weighted by molar-refractivity contribution is -0.116. The van der Waals surface area contributed by atoms with Crippen molar-refractivity contribution in [2.75, 3.05) is 37.8 Å². The minimum absolute atomic E-state index is 0. The molecule has 0 spiro atoms. The van der Waals surface area contributed by atoms with Crippen LogP contribution in [0.3, 0.4) is 0 Å². The fourth-order valence-corrected chi connectivity index (χ4v) is 4.20. The fourth-order valence-electron chi connectivity index (χ4n) is 2.40. The van der Waals surface area contributed by atoms with Crippen molar-refractivity contribution in [3.63, 3.8) is 0 Å². The summed E-state index contributed by atoms with van der Waals surface area (Å²) in [5.74, 6) is -0.631. The summed E-state index contributed by atoms with van der Waals surface area (Å²) < 4.78 is 27.7. The number of nitrogens with zero attached hydrogens (tertiary/aromatic N) is 3. The highest BCUT2D eigenvalue weighted by Gasteiger charge is 2.21. The number of para-hydroxylation sites is 1. The molecular weight excluding hydrogens is 424 g/mol. The lowest BCUT2D eigenvalue weighted by Gasteiger charge is -2.21. The first-order valence-corrected chi connectivity index (χ1v) is 10.1. The highest BCUT2D eigenvalue weighted by atomic mass is 35.5. The van der Waals surface area contributed by atoms with Crippen molar-refractivity contribution in [3.8, 4) is 0 Å². The number of aromatic nitrogens is 1. The second-order valence-corrected chi connectivity index (χ2v) is 8.23. The smallest absolute Gasteiger partial charge is 0.239 e. The molecule has 150 valence electrons. The molecule has 0 aliphatic heterocycles. The number of hydrogen-bond acceptors (Lipinski definition) is 5. The first kappa shape index (κ1) is 22.5. The van der Waals surface area contributed by atoms with Crippen molar-refractivity contribution in [3.05, 3.63) is 54.1 Å². The largest absolute Gasteiger partial charge is 0.308 e. The van der Waals surface area contributed by atoms with Crippen molar-refractivity contribution < 1.29 is 13.6 Å². The maximum absolute atomic E-state index is 14.0. The number of fused-ring (bicyclic) bond motifs is 1. The van der Waals surface area contributed by atoms with Gasteiger partial charge in [-0.1, -0.05) is 17.4 Å². The third kappa shape index (κ3) is 5.64. The maximum Gasteiger partial charge on any atom is 0.239 e. The summed E-state index contributed by atoms with van der Waals surface area (Å²) in [4.78, 5) is 21.6. The summed E-state index contributed by atoms with van der Waals surface area (Å²) >= 11 is 2.64. The molecule has 0 aliphatic rings. The topological polar surface area (TPSA) is 36.4 Å². The number of hydrogen-bond donors (Lipinski definition) is 0. The van der Waals surface area contributed by atoms with E-state index in [2.05, 4.69) is 4.98 Å². The van der Waals surface area contributed by atoms with Crippen molar-refractivity contribution in [1.29, 1.82) is 0 Å². The van der Waals surface area contributed by atoms with Crippen LogP contribution in [0.5, 0.6) is 0 Å². The van der Waals surface area contributed by atoms with E-state index in [-0.39, 0.29) is 35.4 Å². The Bertz CT molecular complexity index is 935. The molecule has 1 aromatic heterocycles. The van der Waals surface area contributed by atoms with Crippen LogP contribution < -0.4 is 4.90 Å². The SMILES string of the molecule is CN(C)CCN(C(=O)CSc1ccc(F)cc1)c1nc2c(F)cccc2s1.Cl. The van der Waals surface area contributed by atoms with Gasteiger partial charge in [-0.15, -0.1) is 24.2 Å². The van der Waals surface area contributed by atoms with E-state index in [1.165, 1.54) is 41.3 Å². The quantitative estimate of drug-likeness (QED) is 0.497. The number of carbonyl (C=O) groups is 1. The Kier molecular flexibility index (Phi) is 8.18. The number of benzene rings is 2. The Morgan fingerprint density at radius 3 is 2.46 bits per heavy atom. The van der Waals surface area contributed by atoms with Gasteiger partial charge in [-0.2, -0.15) is 0 Å². The zero-order chi connectivity index (χ0) is 19.4. The van der Waals surface area contributed by atoms with Crippen LogP contribution >= 0.6 is 35.5 Å². The van der Waals surface area contributed by atoms with Gasteiger partial charge in [0.2, 0.25) is 5.91 Å². The van der Waals surface area contributed by atoms with Crippen molar-refractivity contribution in [2.45, 2.75) is 4.90 Å². The summed E-state index contributed by atoms with van der Waals surface area (Å²) in [6, 6.07) is 10.8. The number of anilines is 1. The summed E-state index contributed by atoms with van der Waals surface area (Å²) in [6.07, 6.45) is 0. The second-order valence-electron chi connectivity index (χ2n) is 6.17. The van der Waals surface area contributed by atoms with Gasteiger partial charge >= 0.3 is 0 Å². The Morgan fingerprint density at radius 2 is 1.82 bits per heavy atom. The molecule has 28 heavy (non-hydrogen) atoms. The molecule has 0 saturated heterocycles. The van der Waals surface area contributed by atoms with E-state index in [0.717, 1.165) is 4.90 Å². The number of carbonyl (C=O) groups excluding carboxylic acids is 1. The fraction of sp³-hybridized carbons (Fsp3) is 0.263.